The summed E-state index contributed by atoms with van der Waals surface area (Å²) in [6, 6.07) is 0. The van der Waals surface area contributed by atoms with Crippen LogP contribution in [0, 0.1) is 6.92 Å². The molecule has 0 bridgehead atoms. The molecule has 13 heavy (non-hydrogen) atoms. The van der Waals surface area contributed by atoms with Gasteiger partial charge in [-0.2, -0.15) is 0 Å². The van der Waals surface area contributed by atoms with E-state index in [1.165, 1.54) is 0 Å². The van der Waals surface area contributed by atoms with Gasteiger partial charge in [0.1, 0.15) is 11.6 Å². The molecule has 2 heterocycles. The molecule has 0 radical (unpaired) electrons. The monoisotopic (exact) mass is 177 g/mol. The number of hydrogen-bond acceptors (Lipinski definition) is 4. The molecule has 0 atom stereocenters. The van der Waals surface area contributed by atoms with Crippen LogP contribution in [0.15, 0.2) is 12.4 Å². The maximum atomic E-state index is 5.57. The minimum Gasteiger partial charge on any atom is -0.382 e. The standard InChI is InChI=1S/C8H11N5/c1-5-8(10-2)13-4-6(9)11-3-7(13)12-5/h3-4,10H,9H2,1-2H3. The lowest BCUT2D eigenvalue weighted by Crippen LogP contribution is -1.98. The lowest BCUT2D eigenvalue weighted by Gasteiger charge is -2.00. The Balaban J connectivity index is 2.80. The van der Waals surface area contributed by atoms with Gasteiger partial charge in [-0.1, -0.05) is 0 Å². The van der Waals surface area contributed by atoms with Crippen molar-refractivity contribution in [1.29, 1.82) is 0 Å². The number of nitrogens with two attached hydrogens (primary N) is 1. The van der Waals surface area contributed by atoms with E-state index in [0.29, 0.717) is 5.82 Å². The second-order valence-electron chi connectivity index (χ2n) is 2.84. The molecule has 2 aromatic heterocycles. The maximum Gasteiger partial charge on any atom is 0.157 e. The van der Waals surface area contributed by atoms with E-state index in [0.717, 1.165) is 17.2 Å². The van der Waals surface area contributed by atoms with E-state index < -0.39 is 0 Å². The molecule has 0 fully saturated rings. The summed E-state index contributed by atoms with van der Waals surface area (Å²) in [6.07, 6.45) is 3.41. The third-order valence-electron chi connectivity index (χ3n) is 1.94. The van der Waals surface area contributed by atoms with Gasteiger partial charge in [0.25, 0.3) is 0 Å². The summed E-state index contributed by atoms with van der Waals surface area (Å²) in [5, 5.41) is 3.06. The largest absolute Gasteiger partial charge is 0.382 e. The number of nitrogens with one attached hydrogen (secondary N) is 1. The fraction of sp³-hybridized carbons (Fsp3) is 0.250. The van der Waals surface area contributed by atoms with Gasteiger partial charge in [-0.15, -0.1) is 0 Å². The molecule has 5 nitrogen and oxygen atoms in total. The van der Waals surface area contributed by atoms with Crippen molar-refractivity contribution in [1.82, 2.24) is 14.4 Å². The van der Waals surface area contributed by atoms with Crippen molar-refractivity contribution >= 4 is 17.3 Å². The molecule has 2 aromatic rings. The van der Waals surface area contributed by atoms with Crippen LogP contribution in [-0.2, 0) is 0 Å². The number of nitrogen functional groups attached to an aromatic ring is 1. The minimum atomic E-state index is 0.487. The van der Waals surface area contributed by atoms with Crippen LogP contribution in [0.5, 0.6) is 0 Å². The van der Waals surface area contributed by atoms with E-state index in [2.05, 4.69) is 15.3 Å². The van der Waals surface area contributed by atoms with Crippen LogP contribution in [0.3, 0.4) is 0 Å². The average Bonchev–Trinajstić information content (AvgIpc) is 2.40. The van der Waals surface area contributed by atoms with Crippen LogP contribution < -0.4 is 11.1 Å². The molecule has 0 aliphatic rings. The van der Waals surface area contributed by atoms with Gasteiger partial charge in [-0.3, -0.25) is 4.40 Å². The van der Waals surface area contributed by atoms with Gasteiger partial charge >= 0.3 is 0 Å². The topological polar surface area (TPSA) is 68.2 Å². The first-order valence-electron chi connectivity index (χ1n) is 4.00. The predicted octanol–water partition coefficient (Wildman–Crippen LogP) is 0.662. The van der Waals surface area contributed by atoms with E-state index >= 15 is 0 Å². The van der Waals surface area contributed by atoms with E-state index in [9.17, 15) is 0 Å². The maximum absolute atomic E-state index is 5.57. The lowest BCUT2D eigenvalue weighted by atomic mass is 10.5. The highest BCUT2D eigenvalue weighted by atomic mass is 15.1. The Morgan fingerprint density at radius 1 is 1.54 bits per heavy atom. The molecular formula is C8H11N5. The Morgan fingerprint density at radius 3 is 3.00 bits per heavy atom. The molecule has 0 spiro atoms. The molecule has 0 aliphatic carbocycles. The van der Waals surface area contributed by atoms with Gasteiger partial charge < -0.3 is 11.1 Å². The zero-order valence-electron chi connectivity index (χ0n) is 7.57. The van der Waals surface area contributed by atoms with E-state index in [4.69, 9.17) is 5.73 Å². The third-order valence-corrected chi connectivity index (χ3v) is 1.94. The molecule has 0 aliphatic heterocycles. The van der Waals surface area contributed by atoms with Crippen LogP contribution in [0.25, 0.3) is 5.65 Å². The highest BCUT2D eigenvalue weighted by Crippen LogP contribution is 2.16. The molecule has 0 saturated heterocycles. The Labute approximate surface area is 75.6 Å². The van der Waals surface area contributed by atoms with Crippen LogP contribution >= 0.6 is 0 Å². The summed E-state index contributed by atoms with van der Waals surface area (Å²) in [4.78, 5) is 8.27. The fourth-order valence-corrected chi connectivity index (χ4v) is 1.39. The summed E-state index contributed by atoms with van der Waals surface area (Å²) in [7, 11) is 1.85. The number of hydrogen-bond donors (Lipinski definition) is 2. The van der Waals surface area contributed by atoms with Crippen molar-refractivity contribution in [3.05, 3.63) is 18.1 Å². The van der Waals surface area contributed by atoms with Crippen molar-refractivity contribution in [2.45, 2.75) is 6.92 Å². The van der Waals surface area contributed by atoms with Crippen molar-refractivity contribution in [2.24, 2.45) is 0 Å². The number of rotatable bonds is 1. The smallest absolute Gasteiger partial charge is 0.157 e. The highest BCUT2D eigenvalue weighted by molar-refractivity contribution is 5.55. The average molecular weight is 177 g/mol. The zero-order chi connectivity index (χ0) is 9.42. The SMILES string of the molecule is CNc1c(C)nc2cnc(N)cn12. The number of imidazole rings is 1. The van der Waals surface area contributed by atoms with Gasteiger partial charge in [-0.05, 0) is 6.92 Å². The Morgan fingerprint density at radius 2 is 2.31 bits per heavy atom. The Bertz CT molecular complexity index is 445. The predicted molar refractivity (Wildman–Crippen MR) is 51.7 cm³/mol. The van der Waals surface area contributed by atoms with Gasteiger partial charge in [0.15, 0.2) is 5.65 Å². The van der Waals surface area contributed by atoms with E-state index in [1.807, 2.05) is 18.4 Å². The Hall–Kier alpha value is -1.78. The first kappa shape index (κ1) is 7.85. The minimum absolute atomic E-state index is 0.487. The molecule has 2 rings (SSSR count). The summed E-state index contributed by atoms with van der Waals surface area (Å²) >= 11 is 0. The molecule has 5 heteroatoms. The number of aryl methyl sites for hydroxylation is 1. The summed E-state index contributed by atoms with van der Waals surface area (Å²) < 4.78 is 1.89. The van der Waals surface area contributed by atoms with Crippen LogP contribution in [0.2, 0.25) is 0 Å². The number of fused-ring (bicyclic) bond motifs is 1. The van der Waals surface area contributed by atoms with Crippen molar-refractivity contribution < 1.29 is 0 Å². The fourth-order valence-electron chi connectivity index (χ4n) is 1.39. The zero-order valence-corrected chi connectivity index (χ0v) is 7.57. The lowest BCUT2D eigenvalue weighted by molar-refractivity contribution is 1.13. The highest BCUT2D eigenvalue weighted by Gasteiger charge is 2.06. The van der Waals surface area contributed by atoms with Crippen LogP contribution in [-0.4, -0.2) is 21.4 Å². The summed E-state index contributed by atoms with van der Waals surface area (Å²) in [5.74, 6) is 1.44. The second kappa shape index (κ2) is 2.62. The van der Waals surface area contributed by atoms with Crippen molar-refractivity contribution in [3.8, 4) is 0 Å². The summed E-state index contributed by atoms with van der Waals surface area (Å²) in [5.41, 5.74) is 7.31. The van der Waals surface area contributed by atoms with Gasteiger partial charge in [0, 0.05) is 7.05 Å². The number of anilines is 2. The first-order chi connectivity index (χ1) is 6.22. The number of aromatic nitrogens is 3. The Kier molecular flexibility index (Phi) is 1.58. The quantitative estimate of drug-likeness (QED) is 0.671. The number of nitrogens with zero attached hydrogens (tertiary/aromatic N) is 3. The molecule has 68 valence electrons. The third kappa shape index (κ3) is 1.09. The molecule has 0 amide bonds. The molecule has 0 saturated carbocycles. The molecular weight excluding hydrogens is 166 g/mol. The molecule has 3 N–H and O–H groups in total. The second-order valence-corrected chi connectivity index (χ2v) is 2.84. The van der Waals surface area contributed by atoms with Gasteiger partial charge in [-0.25, -0.2) is 9.97 Å². The van der Waals surface area contributed by atoms with Crippen molar-refractivity contribution in [2.75, 3.05) is 18.1 Å². The van der Waals surface area contributed by atoms with Crippen LogP contribution in [0.1, 0.15) is 5.69 Å². The molecule has 0 unspecified atom stereocenters. The molecule has 0 aromatic carbocycles. The van der Waals surface area contributed by atoms with E-state index in [1.54, 1.807) is 12.4 Å². The van der Waals surface area contributed by atoms with Crippen molar-refractivity contribution in [3.63, 3.8) is 0 Å². The normalized spacial score (nSPS) is 10.6. The first-order valence-corrected chi connectivity index (χ1v) is 4.00. The summed E-state index contributed by atoms with van der Waals surface area (Å²) in [6.45, 7) is 1.94. The van der Waals surface area contributed by atoms with Crippen LogP contribution in [0.4, 0.5) is 11.6 Å². The van der Waals surface area contributed by atoms with Gasteiger partial charge in [0.05, 0.1) is 18.1 Å². The van der Waals surface area contributed by atoms with Gasteiger partial charge in [0.2, 0.25) is 0 Å². The van der Waals surface area contributed by atoms with E-state index in [-0.39, 0.29) is 0 Å².